The fourth-order valence-corrected chi connectivity index (χ4v) is 3.83. The second-order valence-electron chi connectivity index (χ2n) is 7.99. The highest BCUT2D eigenvalue weighted by atomic mass is 35.5. The molecule has 0 aliphatic rings. The maximum Gasteiger partial charge on any atom is 0.282 e. The summed E-state index contributed by atoms with van der Waals surface area (Å²) in [5.74, 6) is 1.39. The lowest BCUT2D eigenvalue weighted by molar-refractivity contribution is 0.217. The Kier molecular flexibility index (Phi) is 5.90. The Bertz CT molecular complexity index is 1550. The van der Waals surface area contributed by atoms with Gasteiger partial charge in [0, 0.05) is 5.39 Å². The third-order valence-electron chi connectivity index (χ3n) is 5.58. The molecule has 0 radical (unpaired) electrons. The van der Waals surface area contributed by atoms with E-state index in [0.29, 0.717) is 38.8 Å². The second kappa shape index (κ2) is 9.15. The average Bonchev–Trinajstić information content (AvgIpc) is 3.29. The number of furan rings is 1. The van der Waals surface area contributed by atoms with Crippen LogP contribution in [0.3, 0.4) is 0 Å². The van der Waals surface area contributed by atoms with E-state index in [0.717, 1.165) is 17.4 Å². The fourth-order valence-electron chi connectivity index (χ4n) is 3.60. The van der Waals surface area contributed by atoms with Crippen LogP contribution in [0.15, 0.2) is 87.1 Å². The van der Waals surface area contributed by atoms with E-state index in [1.807, 2.05) is 49.4 Å². The van der Waals surface area contributed by atoms with Gasteiger partial charge < -0.3 is 9.15 Å². The first-order chi connectivity index (χ1) is 16.5. The first kappa shape index (κ1) is 21.9. The Labute approximate surface area is 201 Å². The molecule has 0 fully saturated rings. The summed E-state index contributed by atoms with van der Waals surface area (Å²) >= 11 is 6.41. The van der Waals surface area contributed by atoms with Gasteiger partial charge >= 0.3 is 0 Å². The van der Waals surface area contributed by atoms with Gasteiger partial charge in [0.15, 0.2) is 5.76 Å². The van der Waals surface area contributed by atoms with Gasteiger partial charge in [-0.1, -0.05) is 48.9 Å². The fraction of sp³-hybridized carbons (Fsp3) is 0.148. The van der Waals surface area contributed by atoms with E-state index in [2.05, 4.69) is 12.0 Å². The highest BCUT2D eigenvalue weighted by Crippen LogP contribution is 2.28. The van der Waals surface area contributed by atoms with Crippen LogP contribution in [-0.2, 0) is 0 Å². The van der Waals surface area contributed by atoms with Gasteiger partial charge in [-0.25, -0.2) is 4.98 Å². The van der Waals surface area contributed by atoms with Crippen LogP contribution in [0.5, 0.6) is 5.75 Å². The van der Waals surface area contributed by atoms with Gasteiger partial charge in [-0.15, -0.1) is 0 Å². The van der Waals surface area contributed by atoms with Crippen LogP contribution in [-0.4, -0.2) is 22.0 Å². The molecule has 7 heteroatoms. The lowest BCUT2D eigenvalue weighted by Crippen LogP contribution is -2.20. The van der Waals surface area contributed by atoms with Crippen LogP contribution < -0.4 is 10.3 Å². The van der Waals surface area contributed by atoms with Crippen molar-refractivity contribution in [2.45, 2.75) is 26.4 Å². The van der Waals surface area contributed by atoms with Crippen molar-refractivity contribution in [3.63, 3.8) is 0 Å². The third kappa shape index (κ3) is 4.20. The predicted octanol–water partition coefficient (Wildman–Crippen LogP) is 6.52. The monoisotopic (exact) mass is 471 g/mol. The van der Waals surface area contributed by atoms with Gasteiger partial charge in [-0.05, 0) is 61.4 Å². The number of aromatic nitrogens is 2. The van der Waals surface area contributed by atoms with E-state index >= 15 is 0 Å². The minimum absolute atomic E-state index is 0.0608. The molecule has 0 unspecified atom stereocenters. The Hall–Kier alpha value is -3.90. The number of ether oxygens (including phenoxy) is 1. The molecule has 170 valence electrons. The van der Waals surface area contributed by atoms with Crippen molar-refractivity contribution in [1.29, 1.82) is 0 Å². The normalized spacial score (nSPS) is 12.6. The molecule has 5 rings (SSSR count). The number of nitrogens with zero attached hydrogens (tertiary/aromatic N) is 3. The minimum atomic E-state index is -0.292. The van der Waals surface area contributed by atoms with Crippen molar-refractivity contribution in [1.82, 2.24) is 9.66 Å². The van der Waals surface area contributed by atoms with E-state index in [1.54, 1.807) is 36.5 Å². The average molecular weight is 472 g/mol. The molecule has 0 N–H and O–H groups in total. The molecule has 5 aromatic rings. The molecule has 0 saturated carbocycles. The second-order valence-corrected chi connectivity index (χ2v) is 8.40. The summed E-state index contributed by atoms with van der Waals surface area (Å²) in [4.78, 5) is 18.1. The molecule has 0 amide bonds. The molecule has 2 heterocycles. The van der Waals surface area contributed by atoms with Crippen molar-refractivity contribution in [2.24, 2.45) is 5.10 Å². The Morgan fingerprint density at radius 3 is 2.71 bits per heavy atom. The van der Waals surface area contributed by atoms with Crippen molar-refractivity contribution < 1.29 is 9.15 Å². The molecule has 1 atom stereocenters. The summed E-state index contributed by atoms with van der Waals surface area (Å²) in [7, 11) is 0. The molecule has 0 bridgehead atoms. The van der Waals surface area contributed by atoms with Gasteiger partial charge in [0.2, 0.25) is 5.82 Å². The van der Waals surface area contributed by atoms with Crippen LogP contribution in [0.4, 0.5) is 0 Å². The van der Waals surface area contributed by atoms with Gasteiger partial charge in [-0.2, -0.15) is 9.78 Å². The highest BCUT2D eigenvalue weighted by molar-refractivity contribution is 6.32. The van der Waals surface area contributed by atoms with Gasteiger partial charge in [0.05, 0.1) is 28.2 Å². The van der Waals surface area contributed by atoms with E-state index in [4.69, 9.17) is 25.7 Å². The molecule has 0 saturated heterocycles. The zero-order valence-corrected chi connectivity index (χ0v) is 19.5. The predicted molar refractivity (Wildman–Crippen MR) is 136 cm³/mol. The molecular weight excluding hydrogens is 450 g/mol. The smallest absolute Gasteiger partial charge is 0.282 e. The number of hydrogen-bond acceptors (Lipinski definition) is 5. The summed E-state index contributed by atoms with van der Waals surface area (Å²) in [5, 5.41) is 6.34. The zero-order chi connectivity index (χ0) is 23.7. The zero-order valence-electron chi connectivity index (χ0n) is 18.7. The molecule has 0 aliphatic heterocycles. The SMILES string of the molecule is CC[C@H](C)Oc1ccc(C=Nn2c(-c3cc4ccccc4o3)nc3ccccc3c2=O)cc1Cl. The Morgan fingerprint density at radius 1 is 1.12 bits per heavy atom. The summed E-state index contributed by atoms with van der Waals surface area (Å²) in [6.45, 7) is 4.04. The van der Waals surface area contributed by atoms with E-state index < -0.39 is 0 Å². The molecule has 3 aromatic carbocycles. The lowest BCUT2D eigenvalue weighted by Gasteiger charge is -2.14. The third-order valence-corrected chi connectivity index (χ3v) is 5.88. The number of fused-ring (bicyclic) bond motifs is 2. The van der Waals surface area contributed by atoms with Crippen LogP contribution in [0.1, 0.15) is 25.8 Å². The molecular formula is C27H22ClN3O3. The van der Waals surface area contributed by atoms with Gasteiger partial charge in [0.25, 0.3) is 5.56 Å². The van der Waals surface area contributed by atoms with Gasteiger partial charge in [0.1, 0.15) is 11.3 Å². The van der Waals surface area contributed by atoms with Crippen LogP contribution >= 0.6 is 11.6 Å². The number of halogens is 1. The summed E-state index contributed by atoms with van der Waals surface area (Å²) in [6, 6.07) is 22.1. The lowest BCUT2D eigenvalue weighted by atomic mass is 10.2. The van der Waals surface area contributed by atoms with Crippen LogP contribution in [0.25, 0.3) is 33.5 Å². The largest absolute Gasteiger partial charge is 0.489 e. The minimum Gasteiger partial charge on any atom is -0.489 e. The van der Waals surface area contributed by atoms with Crippen molar-refractivity contribution in [3.05, 3.63) is 93.7 Å². The first-order valence-electron chi connectivity index (χ1n) is 11.0. The highest BCUT2D eigenvalue weighted by Gasteiger charge is 2.16. The quantitative estimate of drug-likeness (QED) is 0.264. The number of hydrogen-bond donors (Lipinski definition) is 0. The standard InChI is InChI=1S/C27H22ClN3O3/c1-3-17(2)33-24-13-12-18(14-21(24)28)16-29-31-26(25-15-19-8-4-7-11-23(19)34-25)30-22-10-6-5-9-20(22)27(31)32/h4-17H,3H2,1-2H3/t17-/m0/s1. The molecule has 6 nitrogen and oxygen atoms in total. The Morgan fingerprint density at radius 2 is 1.91 bits per heavy atom. The summed E-state index contributed by atoms with van der Waals surface area (Å²) < 4.78 is 13.1. The Balaban J connectivity index is 1.60. The summed E-state index contributed by atoms with van der Waals surface area (Å²) in [6.07, 6.45) is 2.51. The molecule has 0 aliphatic carbocycles. The van der Waals surface area contributed by atoms with E-state index in [1.165, 1.54) is 4.68 Å². The summed E-state index contributed by atoms with van der Waals surface area (Å²) in [5.41, 5.74) is 1.71. The van der Waals surface area contributed by atoms with E-state index in [-0.39, 0.29) is 11.7 Å². The molecule has 2 aromatic heterocycles. The van der Waals surface area contributed by atoms with Crippen LogP contribution in [0.2, 0.25) is 5.02 Å². The first-order valence-corrected chi connectivity index (χ1v) is 11.4. The van der Waals surface area contributed by atoms with Crippen LogP contribution in [0, 0.1) is 0 Å². The maximum atomic E-state index is 13.4. The topological polar surface area (TPSA) is 69.6 Å². The van der Waals surface area contributed by atoms with Crippen molar-refractivity contribution >= 4 is 39.7 Å². The van der Waals surface area contributed by atoms with E-state index in [9.17, 15) is 4.79 Å². The van der Waals surface area contributed by atoms with Crippen molar-refractivity contribution in [2.75, 3.05) is 0 Å². The maximum absolute atomic E-state index is 13.4. The number of benzene rings is 3. The number of para-hydroxylation sites is 2. The van der Waals surface area contributed by atoms with Gasteiger partial charge in [-0.3, -0.25) is 4.79 Å². The number of rotatable bonds is 6. The van der Waals surface area contributed by atoms with Crippen molar-refractivity contribution in [3.8, 4) is 17.3 Å². The molecule has 0 spiro atoms. The molecule has 34 heavy (non-hydrogen) atoms.